The molecule has 1 saturated heterocycles. The Labute approximate surface area is 172 Å². The molecule has 3 rings (SSSR count). The fourth-order valence-corrected chi connectivity index (χ4v) is 3.48. The Kier molecular flexibility index (Phi) is 6.10. The van der Waals surface area contributed by atoms with E-state index in [1.54, 1.807) is 42.5 Å². The number of hydrogen-bond donors (Lipinski definition) is 2. The van der Waals surface area contributed by atoms with E-state index >= 15 is 0 Å². The molecule has 1 aliphatic rings. The number of amides is 1. The van der Waals surface area contributed by atoms with Crippen LogP contribution in [0.25, 0.3) is 5.76 Å². The number of ketones is 1. The molecule has 1 fully saturated rings. The largest absolute Gasteiger partial charge is 0.507 e. The molecule has 0 unspecified atom stereocenters. The number of likely N-dealkylation sites (tertiary alicyclic amines) is 1. The van der Waals surface area contributed by atoms with Crippen molar-refractivity contribution >= 4 is 29.1 Å². The highest BCUT2D eigenvalue weighted by molar-refractivity contribution is 6.46. The summed E-state index contributed by atoms with van der Waals surface area (Å²) < 4.78 is 10.6. The van der Waals surface area contributed by atoms with Crippen LogP contribution in [0, 0.1) is 0 Å². The first-order valence-electron chi connectivity index (χ1n) is 8.80. The van der Waals surface area contributed by atoms with Crippen LogP contribution in [0.2, 0.25) is 5.02 Å². The number of Topliss-reactive ketones (excluding diaryl/α,β-unsaturated/α-hetero) is 1. The third-order valence-corrected chi connectivity index (χ3v) is 4.97. The molecule has 2 aromatic carbocycles. The number of carbonyl (C=O) groups excluding carboxylic acids is 2. The minimum Gasteiger partial charge on any atom is -0.507 e. The molecule has 0 spiro atoms. The summed E-state index contributed by atoms with van der Waals surface area (Å²) in [5.74, 6) is -1.06. The van der Waals surface area contributed by atoms with Crippen LogP contribution in [0.4, 0.5) is 0 Å². The molecule has 7 nitrogen and oxygen atoms in total. The maximum atomic E-state index is 12.8. The number of hydrogen-bond acceptors (Lipinski definition) is 6. The number of aliphatic hydroxyl groups is 2. The van der Waals surface area contributed by atoms with Gasteiger partial charge in [0.2, 0.25) is 0 Å². The van der Waals surface area contributed by atoms with Gasteiger partial charge in [-0.25, -0.2) is 0 Å². The number of nitrogens with zero attached hydrogens (tertiary/aromatic N) is 1. The van der Waals surface area contributed by atoms with E-state index in [1.807, 2.05) is 0 Å². The number of halogens is 1. The van der Waals surface area contributed by atoms with Gasteiger partial charge < -0.3 is 24.6 Å². The SMILES string of the molecule is COc1ccc([C@@H]2C(=C(O)c3ccc(Cl)cc3)C(=O)C(=O)N2CCO)cc1OC. The molecule has 0 aliphatic carbocycles. The predicted octanol–water partition coefficient (Wildman–Crippen LogP) is 2.77. The van der Waals surface area contributed by atoms with Crippen LogP contribution >= 0.6 is 11.6 Å². The van der Waals surface area contributed by atoms with Crippen molar-refractivity contribution in [3.05, 3.63) is 64.2 Å². The number of methoxy groups -OCH3 is 2. The number of carbonyl (C=O) groups is 2. The zero-order valence-electron chi connectivity index (χ0n) is 15.9. The standard InChI is InChI=1S/C21H20ClNO6/c1-28-15-8-5-13(11-16(15)29-2)18-17(20(26)21(27)23(18)9-10-24)19(25)12-3-6-14(22)7-4-12/h3-8,11,18,24-25H,9-10H2,1-2H3/t18-/m1/s1. The molecule has 1 heterocycles. The van der Waals surface area contributed by atoms with Gasteiger partial charge in [-0.2, -0.15) is 0 Å². The highest BCUT2D eigenvalue weighted by Crippen LogP contribution is 2.41. The lowest BCUT2D eigenvalue weighted by Crippen LogP contribution is -2.32. The van der Waals surface area contributed by atoms with Crippen LogP contribution in [0.1, 0.15) is 17.2 Å². The van der Waals surface area contributed by atoms with Crippen molar-refractivity contribution in [1.82, 2.24) is 4.90 Å². The molecule has 29 heavy (non-hydrogen) atoms. The molecule has 152 valence electrons. The smallest absolute Gasteiger partial charge is 0.295 e. The molecule has 0 saturated carbocycles. The second kappa shape index (κ2) is 8.55. The van der Waals surface area contributed by atoms with Crippen LogP contribution in [-0.2, 0) is 9.59 Å². The second-order valence-corrected chi connectivity index (χ2v) is 6.77. The Balaban J connectivity index is 2.20. The van der Waals surface area contributed by atoms with Gasteiger partial charge in [-0.15, -0.1) is 0 Å². The van der Waals surface area contributed by atoms with Crippen LogP contribution < -0.4 is 9.47 Å². The van der Waals surface area contributed by atoms with E-state index in [9.17, 15) is 19.8 Å². The highest BCUT2D eigenvalue weighted by Gasteiger charge is 2.46. The molecular formula is C21H20ClNO6. The van der Waals surface area contributed by atoms with Crippen molar-refractivity contribution in [1.29, 1.82) is 0 Å². The van der Waals surface area contributed by atoms with E-state index in [4.69, 9.17) is 21.1 Å². The predicted molar refractivity (Wildman–Crippen MR) is 107 cm³/mol. The van der Waals surface area contributed by atoms with Crippen molar-refractivity contribution in [2.75, 3.05) is 27.4 Å². The second-order valence-electron chi connectivity index (χ2n) is 6.34. The fraction of sp³-hybridized carbons (Fsp3) is 0.238. The first-order chi connectivity index (χ1) is 13.9. The van der Waals surface area contributed by atoms with Gasteiger partial charge in [-0.3, -0.25) is 9.59 Å². The topological polar surface area (TPSA) is 96.3 Å². The summed E-state index contributed by atoms with van der Waals surface area (Å²) in [5, 5.41) is 20.7. The van der Waals surface area contributed by atoms with Gasteiger partial charge in [-0.05, 0) is 42.0 Å². The van der Waals surface area contributed by atoms with Gasteiger partial charge in [0.1, 0.15) is 5.76 Å². The molecule has 8 heteroatoms. The number of benzene rings is 2. The molecular weight excluding hydrogens is 398 g/mol. The number of β-amino-alcohol motifs (C(OH)–C–C–N with tert-alkyl or cyclic N) is 1. The summed E-state index contributed by atoms with van der Waals surface area (Å²) in [6.07, 6.45) is 0. The first-order valence-corrected chi connectivity index (χ1v) is 9.17. The van der Waals surface area contributed by atoms with E-state index in [1.165, 1.54) is 19.1 Å². The van der Waals surface area contributed by atoms with Crippen molar-refractivity contribution in [2.45, 2.75) is 6.04 Å². The van der Waals surface area contributed by atoms with Crippen LogP contribution in [0.5, 0.6) is 11.5 Å². The summed E-state index contributed by atoms with van der Waals surface area (Å²) >= 11 is 5.90. The summed E-state index contributed by atoms with van der Waals surface area (Å²) in [6.45, 7) is -0.404. The minimum absolute atomic E-state index is 0.0685. The van der Waals surface area contributed by atoms with E-state index in [2.05, 4.69) is 0 Å². The maximum absolute atomic E-state index is 12.8. The summed E-state index contributed by atoms with van der Waals surface area (Å²) in [5.41, 5.74) is 0.811. The van der Waals surface area contributed by atoms with Crippen molar-refractivity contribution in [2.24, 2.45) is 0 Å². The van der Waals surface area contributed by atoms with E-state index in [0.29, 0.717) is 27.6 Å². The lowest BCUT2D eigenvalue weighted by molar-refractivity contribution is -0.140. The Morgan fingerprint density at radius 3 is 2.31 bits per heavy atom. The van der Waals surface area contributed by atoms with Gasteiger partial charge in [0.05, 0.1) is 32.4 Å². The van der Waals surface area contributed by atoms with Crippen LogP contribution in [0.15, 0.2) is 48.0 Å². The highest BCUT2D eigenvalue weighted by atomic mass is 35.5. The molecule has 1 atom stereocenters. The van der Waals surface area contributed by atoms with Crippen molar-refractivity contribution in [3.8, 4) is 11.5 Å². The average Bonchev–Trinajstić information content (AvgIpc) is 2.98. The minimum atomic E-state index is -0.891. The Morgan fingerprint density at radius 2 is 1.72 bits per heavy atom. The summed E-state index contributed by atoms with van der Waals surface area (Å²) in [6, 6.07) is 10.3. The summed E-state index contributed by atoms with van der Waals surface area (Å²) in [7, 11) is 2.97. The van der Waals surface area contributed by atoms with Gasteiger partial charge in [0.25, 0.3) is 11.7 Å². The molecule has 2 aromatic rings. The lowest BCUT2D eigenvalue weighted by Gasteiger charge is -2.25. The fourth-order valence-electron chi connectivity index (χ4n) is 3.35. The monoisotopic (exact) mass is 417 g/mol. The van der Waals surface area contributed by atoms with Crippen LogP contribution in [-0.4, -0.2) is 54.2 Å². The van der Waals surface area contributed by atoms with E-state index in [-0.39, 0.29) is 24.5 Å². The zero-order chi connectivity index (χ0) is 21.1. The maximum Gasteiger partial charge on any atom is 0.295 e. The Hall–Kier alpha value is -3.03. The Bertz CT molecular complexity index is 970. The molecule has 1 aliphatic heterocycles. The van der Waals surface area contributed by atoms with Crippen molar-refractivity contribution < 1.29 is 29.3 Å². The summed E-state index contributed by atoms with van der Waals surface area (Å²) in [4.78, 5) is 26.6. The first kappa shape index (κ1) is 20.7. The van der Waals surface area contributed by atoms with E-state index < -0.39 is 17.7 Å². The normalized spacial score (nSPS) is 18.2. The quantitative estimate of drug-likeness (QED) is 0.426. The van der Waals surface area contributed by atoms with Gasteiger partial charge in [0, 0.05) is 17.1 Å². The lowest BCUT2D eigenvalue weighted by atomic mass is 9.95. The third-order valence-electron chi connectivity index (χ3n) is 4.72. The molecule has 0 aromatic heterocycles. The van der Waals surface area contributed by atoms with Gasteiger partial charge in [-0.1, -0.05) is 17.7 Å². The molecule has 1 amide bonds. The van der Waals surface area contributed by atoms with Gasteiger partial charge >= 0.3 is 0 Å². The number of ether oxygens (including phenoxy) is 2. The zero-order valence-corrected chi connectivity index (χ0v) is 16.6. The average molecular weight is 418 g/mol. The number of rotatable bonds is 6. The third kappa shape index (κ3) is 3.79. The molecule has 0 radical (unpaired) electrons. The van der Waals surface area contributed by atoms with E-state index in [0.717, 1.165) is 0 Å². The number of aliphatic hydroxyl groups excluding tert-OH is 2. The van der Waals surface area contributed by atoms with Crippen molar-refractivity contribution in [3.63, 3.8) is 0 Å². The van der Waals surface area contributed by atoms with Crippen LogP contribution in [0.3, 0.4) is 0 Å². The Morgan fingerprint density at radius 1 is 1.07 bits per heavy atom. The molecule has 0 bridgehead atoms. The molecule has 2 N–H and O–H groups in total. The van der Waals surface area contributed by atoms with Gasteiger partial charge in [0.15, 0.2) is 11.5 Å².